The molecule has 0 radical (unpaired) electrons. The summed E-state index contributed by atoms with van der Waals surface area (Å²) in [5.41, 5.74) is 2.24. The fourth-order valence-electron chi connectivity index (χ4n) is 2.80. The predicted octanol–water partition coefficient (Wildman–Crippen LogP) is 2.73. The number of hydrogen-bond donors (Lipinski definition) is 0. The number of morpholine rings is 1. The second-order valence-corrected chi connectivity index (χ2v) is 5.76. The number of ether oxygens (including phenoxy) is 2. The minimum absolute atomic E-state index is 0.0166. The lowest BCUT2D eigenvalue weighted by Crippen LogP contribution is -2.43. The Morgan fingerprint density at radius 1 is 1.08 bits per heavy atom. The number of aromatic nitrogens is 1. The van der Waals surface area contributed by atoms with Gasteiger partial charge in [-0.25, -0.2) is 4.98 Å². The van der Waals surface area contributed by atoms with E-state index in [0.29, 0.717) is 37.9 Å². The molecule has 1 aromatic heterocycles. The van der Waals surface area contributed by atoms with E-state index in [1.165, 1.54) is 0 Å². The molecule has 0 N–H and O–H groups in total. The van der Waals surface area contributed by atoms with E-state index < -0.39 is 0 Å². The van der Waals surface area contributed by atoms with Gasteiger partial charge in [0.2, 0.25) is 5.89 Å². The van der Waals surface area contributed by atoms with Crippen LogP contribution in [0.15, 0.2) is 52.9 Å². The number of rotatable bonds is 4. The van der Waals surface area contributed by atoms with Crippen molar-refractivity contribution < 1.29 is 18.7 Å². The molecule has 1 amide bonds. The van der Waals surface area contributed by atoms with E-state index in [0.717, 1.165) is 16.7 Å². The zero-order valence-corrected chi connectivity index (χ0v) is 13.7. The lowest BCUT2D eigenvalue weighted by Gasteiger charge is -2.26. The SMILES string of the molecule is O=C(COc1ccccc1-c1nc2ccccc2o1)N1CCOCC1. The van der Waals surface area contributed by atoms with Crippen molar-refractivity contribution in [2.24, 2.45) is 0 Å². The highest BCUT2D eigenvalue weighted by Gasteiger charge is 2.19. The molecule has 1 aliphatic rings. The maximum Gasteiger partial charge on any atom is 0.260 e. The molecule has 25 heavy (non-hydrogen) atoms. The Hall–Kier alpha value is -2.86. The van der Waals surface area contributed by atoms with Gasteiger partial charge in [0.05, 0.1) is 18.8 Å². The topological polar surface area (TPSA) is 64.8 Å². The summed E-state index contributed by atoms with van der Waals surface area (Å²) in [6, 6.07) is 15.0. The highest BCUT2D eigenvalue weighted by molar-refractivity contribution is 5.79. The first kappa shape index (κ1) is 15.7. The number of benzene rings is 2. The number of para-hydroxylation sites is 3. The maximum atomic E-state index is 12.3. The summed E-state index contributed by atoms with van der Waals surface area (Å²) in [4.78, 5) is 18.5. The van der Waals surface area contributed by atoms with E-state index in [2.05, 4.69) is 4.98 Å². The van der Waals surface area contributed by atoms with Crippen molar-refractivity contribution in [1.82, 2.24) is 9.88 Å². The van der Waals surface area contributed by atoms with Crippen LogP contribution >= 0.6 is 0 Å². The Balaban J connectivity index is 1.53. The summed E-state index contributed by atoms with van der Waals surface area (Å²) >= 11 is 0. The van der Waals surface area contributed by atoms with Crippen LogP contribution in [0, 0.1) is 0 Å². The van der Waals surface area contributed by atoms with Crippen LogP contribution in [0.5, 0.6) is 5.75 Å². The van der Waals surface area contributed by atoms with Crippen LogP contribution in [-0.2, 0) is 9.53 Å². The molecule has 3 aromatic rings. The van der Waals surface area contributed by atoms with E-state index in [-0.39, 0.29) is 12.5 Å². The molecule has 0 aliphatic carbocycles. The third-order valence-electron chi connectivity index (χ3n) is 4.13. The third-order valence-corrected chi connectivity index (χ3v) is 4.13. The van der Waals surface area contributed by atoms with Crippen LogP contribution in [0.4, 0.5) is 0 Å². The quantitative estimate of drug-likeness (QED) is 0.732. The molecule has 2 aromatic carbocycles. The number of oxazole rings is 1. The van der Waals surface area contributed by atoms with Gasteiger partial charge in [0.25, 0.3) is 5.91 Å². The van der Waals surface area contributed by atoms with Crippen molar-refractivity contribution in [3.05, 3.63) is 48.5 Å². The molecule has 6 nitrogen and oxygen atoms in total. The fourth-order valence-corrected chi connectivity index (χ4v) is 2.80. The lowest BCUT2D eigenvalue weighted by atomic mass is 10.2. The Bertz CT molecular complexity index is 851. The zero-order valence-electron chi connectivity index (χ0n) is 13.7. The largest absolute Gasteiger partial charge is 0.483 e. The molecule has 0 spiro atoms. The fraction of sp³-hybridized carbons (Fsp3) is 0.263. The van der Waals surface area contributed by atoms with Crippen LogP contribution in [0.3, 0.4) is 0 Å². The van der Waals surface area contributed by atoms with Gasteiger partial charge in [0, 0.05) is 13.1 Å². The van der Waals surface area contributed by atoms with Crippen LogP contribution < -0.4 is 4.74 Å². The number of hydrogen-bond acceptors (Lipinski definition) is 5. The average Bonchev–Trinajstić information content (AvgIpc) is 3.11. The summed E-state index contributed by atoms with van der Waals surface area (Å²) in [7, 11) is 0. The number of nitrogens with zero attached hydrogens (tertiary/aromatic N) is 2. The Kier molecular flexibility index (Phi) is 4.35. The van der Waals surface area contributed by atoms with Crippen LogP contribution in [0.2, 0.25) is 0 Å². The molecule has 128 valence electrons. The summed E-state index contributed by atoms with van der Waals surface area (Å²) in [6.07, 6.45) is 0. The summed E-state index contributed by atoms with van der Waals surface area (Å²) < 4.78 is 16.8. The van der Waals surface area contributed by atoms with Crippen LogP contribution in [0.1, 0.15) is 0 Å². The second-order valence-electron chi connectivity index (χ2n) is 5.76. The van der Waals surface area contributed by atoms with Crippen LogP contribution in [-0.4, -0.2) is 48.7 Å². The standard InChI is InChI=1S/C19H18N2O4/c22-18(21-9-11-23-12-10-21)13-24-16-7-3-1-5-14(16)19-20-15-6-2-4-8-17(15)25-19/h1-8H,9-13H2. The number of fused-ring (bicyclic) bond motifs is 1. The molecular weight excluding hydrogens is 320 g/mol. The van der Waals surface area contributed by atoms with Crippen molar-refractivity contribution in [2.45, 2.75) is 0 Å². The Labute approximate surface area is 145 Å². The smallest absolute Gasteiger partial charge is 0.260 e. The van der Waals surface area contributed by atoms with Gasteiger partial charge >= 0.3 is 0 Å². The minimum atomic E-state index is -0.0457. The van der Waals surface area contributed by atoms with Gasteiger partial charge < -0.3 is 18.8 Å². The van der Waals surface area contributed by atoms with E-state index in [4.69, 9.17) is 13.9 Å². The van der Waals surface area contributed by atoms with E-state index in [9.17, 15) is 4.79 Å². The molecule has 0 unspecified atom stereocenters. The number of carbonyl (C=O) groups is 1. The Morgan fingerprint density at radius 2 is 1.84 bits per heavy atom. The molecule has 0 atom stereocenters. The molecule has 4 rings (SSSR count). The monoisotopic (exact) mass is 338 g/mol. The van der Waals surface area contributed by atoms with Gasteiger partial charge in [-0.05, 0) is 24.3 Å². The van der Waals surface area contributed by atoms with Gasteiger partial charge in [0.1, 0.15) is 11.3 Å². The molecule has 0 bridgehead atoms. The summed E-state index contributed by atoms with van der Waals surface area (Å²) in [6.45, 7) is 2.34. The molecule has 0 saturated carbocycles. The van der Waals surface area contributed by atoms with E-state index in [1.54, 1.807) is 4.90 Å². The third kappa shape index (κ3) is 3.34. The van der Waals surface area contributed by atoms with Gasteiger partial charge in [-0.2, -0.15) is 0 Å². The first-order valence-corrected chi connectivity index (χ1v) is 8.24. The minimum Gasteiger partial charge on any atom is -0.483 e. The highest BCUT2D eigenvalue weighted by atomic mass is 16.5. The van der Waals surface area contributed by atoms with Gasteiger partial charge in [0.15, 0.2) is 12.2 Å². The summed E-state index contributed by atoms with van der Waals surface area (Å²) in [5, 5.41) is 0. The second kappa shape index (κ2) is 6.94. The molecule has 6 heteroatoms. The molecule has 1 aliphatic heterocycles. The van der Waals surface area contributed by atoms with Gasteiger partial charge in [-0.1, -0.05) is 24.3 Å². The van der Waals surface area contributed by atoms with E-state index in [1.807, 2.05) is 48.5 Å². The van der Waals surface area contributed by atoms with E-state index >= 15 is 0 Å². The highest BCUT2D eigenvalue weighted by Crippen LogP contribution is 2.31. The van der Waals surface area contributed by atoms with Crippen LogP contribution in [0.25, 0.3) is 22.6 Å². The van der Waals surface area contributed by atoms with Crippen molar-refractivity contribution >= 4 is 17.0 Å². The molecule has 1 saturated heterocycles. The lowest BCUT2D eigenvalue weighted by molar-refractivity contribution is -0.137. The van der Waals surface area contributed by atoms with Gasteiger partial charge in [-0.3, -0.25) is 4.79 Å². The van der Waals surface area contributed by atoms with Crippen molar-refractivity contribution in [3.8, 4) is 17.2 Å². The van der Waals surface area contributed by atoms with Crippen molar-refractivity contribution in [3.63, 3.8) is 0 Å². The van der Waals surface area contributed by atoms with Crippen molar-refractivity contribution in [1.29, 1.82) is 0 Å². The normalized spacial score (nSPS) is 14.6. The Morgan fingerprint density at radius 3 is 2.68 bits per heavy atom. The first-order chi connectivity index (χ1) is 12.3. The zero-order chi connectivity index (χ0) is 17.1. The molecular formula is C19H18N2O4. The maximum absolute atomic E-state index is 12.3. The number of carbonyl (C=O) groups excluding carboxylic acids is 1. The van der Waals surface area contributed by atoms with Crippen molar-refractivity contribution in [2.75, 3.05) is 32.9 Å². The predicted molar refractivity (Wildman–Crippen MR) is 92.3 cm³/mol. The molecule has 1 fully saturated rings. The summed E-state index contributed by atoms with van der Waals surface area (Å²) in [5.74, 6) is 1.02. The number of amides is 1. The average molecular weight is 338 g/mol. The molecule has 2 heterocycles. The first-order valence-electron chi connectivity index (χ1n) is 8.24. The van der Waals surface area contributed by atoms with Gasteiger partial charge in [-0.15, -0.1) is 0 Å².